The summed E-state index contributed by atoms with van der Waals surface area (Å²) in [7, 11) is 1.64. The number of methoxy groups -OCH3 is 1. The molecule has 4 aromatic rings. The third-order valence-electron chi connectivity index (χ3n) is 4.59. The number of benzene rings is 2. The Morgan fingerprint density at radius 2 is 1.86 bits per heavy atom. The van der Waals surface area contributed by atoms with Gasteiger partial charge in [-0.25, -0.2) is 4.68 Å². The number of hydrogen-bond acceptors (Lipinski definition) is 4. The summed E-state index contributed by atoms with van der Waals surface area (Å²) in [4.78, 5) is 12.9. The molecule has 0 saturated carbocycles. The molecule has 29 heavy (non-hydrogen) atoms. The third kappa shape index (κ3) is 4.06. The minimum atomic E-state index is -0.200. The monoisotopic (exact) mass is 387 g/mol. The van der Waals surface area contributed by atoms with E-state index in [1.807, 2.05) is 60.7 Å². The maximum atomic E-state index is 12.9. The van der Waals surface area contributed by atoms with Crippen LogP contribution in [-0.4, -0.2) is 29.3 Å². The van der Waals surface area contributed by atoms with Crippen LogP contribution >= 0.6 is 0 Å². The predicted octanol–water partition coefficient (Wildman–Crippen LogP) is 4.11. The quantitative estimate of drug-likeness (QED) is 0.518. The zero-order valence-corrected chi connectivity index (χ0v) is 16.0. The van der Waals surface area contributed by atoms with Crippen molar-refractivity contribution in [1.82, 2.24) is 15.1 Å². The highest BCUT2D eigenvalue weighted by atomic mass is 16.5. The molecule has 0 aliphatic carbocycles. The van der Waals surface area contributed by atoms with Crippen LogP contribution in [0.5, 0.6) is 5.75 Å². The van der Waals surface area contributed by atoms with E-state index >= 15 is 0 Å². The molecule has 0 bridgehead atoms. The number of furan rings is 1. The van der Waals surface area contributed by atoms with Gasteiger partial charge >= 0.3 is 0 Å². The van der Waals surface area contributed by atoms with Crippen LogP contribution in [0.3, 0.4) is 0 Å². The highest BCUT2D eigenvalue weighted by molar-refractivity contribution is 5.94. The second-order valence-corrected chi connectivity index (χ2v) is 6.46. The molecule has 0 spiro atoms. The molecule has 0 fully saturated rings. The number of carbonyl (C=O) groups excluding carboxylic acids is 1. The fourth-order valence-electron chi connectivity index (χ4n) is 3.16. The van der Waals surface area contributed by atoms with Crippen LogP contribution in [0.15, 0.2) is 83.5 Å². The van der Waals surface area contributed by atoms with Crippen molar-refractivity contribution in [3.8, 4) is 22.9 Å². The van der Waals surface area contributed by atoms with Gasteiger partial charge in [-0.3, -0.25) is 4.79 Å². The van der Waals surface area contributed by atoms with E-state index in [1.165, 1.54) is 0 Å². The normalized spacial score (nSPS) is 10.7. The van der Waals surface area contributed by atoms with Gasteiger partial charge in [0.2, 0.25) is 0 Å². The molecule has 1 amide bonds. The van der Waals surface area contributed by atoms with E-state index in [1.54, 1.807) is 30.2 Å². The van der Waals surface area contributed by atoms with Crippen molar-refractivity contribution in [3.63, 3.8) is 0 Å². The van der Waals surface area contributed by atoms with Gasteiger partial charge in [-0.2, -0.15) is 5.10 Å². The lowest BCUT2D eigenvalue weighted by Gasteiger charge is -2.10. The zero-order valence-electron chi connectivity index (χ0n) is 16.0. The summed E-state index contributed by atoms with van der Waals surface area (Å²) in [5, 5.41) is 7.56. The average molecular weight is 387 g/mol. The van der Waals surface area contributed by atoms with Gasteiger partial charge in [-0.15, -0.1) is 0 Å². The molecule has 0 saturated heterocycles. The van der Waals surface area contributed by atoms with E-state index in [0.29, 0.717) is 30.1 Å². The van der Waals surface area contributed by atoms with Gasteiger partial charge in [-0.05, 0) is 42.3 Å². The molecular formula is C23H21N3O3. The molecule has 6 nitrogen and oxygen atoms in total. The number of para-hydroxylation sites is 2. The lowest BCUT2D eigenvalue weighted by Crippen LogP contribution is -2.28. The fraction of sp³-hybridized carbons (Fsp3) is 0.130. The predicted molar refractivity (Wildman–Crippen MR) is 110 cm³/mol. The van der Waals surface area contributed by atoms with Crippen LogP contribution < -0.4 is 10.1 Å². The van der Waals surface area contributed by atoms with Gasteiger partial charge in [0, 0.05) is 12.6 Å². The smallest absolute Gasteiger partial charge is 0.270 e. The first kappa shape index (κ1) is 18.6. The summed E-state index contributed by atoms with van der Waals surface area (Å²) >= 11 is 0. The molecule has 2 aromatic carbocycles. The Morgan fingerprint density at radius 3 is 2.62 bits per heavy atom. The van der Waals surface area contributed by atoms with Gasteiger partial charge in [0.05, 0.1) is 19.1 Å². The molecule has 0 radical (unpaired) electrons. The Kier molecular flexibility index (Phi) is 5.42. The largest absolute Gasteiger partial charge is 0.496 e. The van der Waals surface area contributed by atoms with Crippen LogP contribution in [0.4, 0.5) is 0 Å². The number of amides is 1. The molecule has 2 aromatic heterocycles. The number of hydrogen-bond donors (Lipinski definition) is 1. The summed E-state index contributed by atoms with van der Waals surface area (Å²) in [5.74, 6) is 1.23. The Balaban J connectivity index is 1.55. The Labute approximate surface area is 168 Å². The summed E-state index contributed by atoms with van der Waals surface area (Å²) in [6.07, 6.45) is 2.25. The standard InChI is InChI=1S/C23H21N3O3/c1-28-21-11-6-5-8-17(21)13-14-24-23(27)20-16-19(22-12-7-15-29-22)25-26(20)18-9-3-2-4-10-18/h2-12,15-16H,13-14H2,1H3,(H,24,27). The first-order chi connectivity index (χ1) is 14.3. The lowest BCUT2D eigenvalue weighted by atomic mass is 10.1. The maximum absolute atomic E-state index is 12.9. The lowest BCUT2D eigenvalue weighted by molar-refractivity contribution is 0.0946. The average Bonchev–Trinajstić information content (AvgIpc) is 3.44. The second-order valence-electron chi connectivity index (χ2n) is 6.46. The highest BCUT2D eigenvalue weighted by Gasteiger charge is 2.18. The molecule has 6 heteroatoms. The van der Waals surface area contributed by atoms with Crippen LogP contribution in [-0.2, 0) is 6.42 Å². The zero-order chi connectivity index (χ0) is 20.1. The van der Waals surface area contributed by atoms with Crippen LogP contribution in [0.1, 0.15) is 16.1 Å². The first-order valence-electron chi connectivity index (χ1n) is 9.35. The number of ether oxygens (including phenoxy) is 1. The van der Waals surface area contributed by atoms with Crippen molar-refractivity contribution >= 4 is 5.91 Å². The van der Waals surface area contributed by atoms with E-state index in [0.717, 1.165) is 17.0 Å². The molecule has 2 heterocycles. The fourth-order valence-corrected chi connectivity index (χ4v) is 3.16. The molecule has 0 aliphatic heterocycles. The van der Waals surface area contributed by atoms with E-state index < -0.39 is 0 Å². The van der Waals surface area contributed by atoms with Crippen LogP contribution in [0.25, 0.3) is 17.1 Å². The van der Waals surface area contributed by atoms with Gasteiger partial charge < -0.3 is 14.5 Å². The van der Waals surface area contributed by atoms with E-state index in [9.17, 15) is 4.79 Å². The van der Waals surface area contributed by atoms with Gasteiger partial charge in [0.1, 0.15) is 17.1 Å². The van der Waals surface area contributed by atoms with E-state index in [2.05, 4.69) is 10.4 Å². The van der Waals surface area contributed by atoms with Crippen molar-refractivity contribution in [2.45, 2.75) is 6.42 Å². The summed E-state index contributed by atoms with van der Waals surface area (Å²) in [6, 6.07) is 22.7. The minimum Gasteiger partial charge on any atom is -0.496 e. The third-order valence-corrected chi connectivity index (χ3v) is 4.59. The van der Waals surface area contributed by atoms with Gasteiger partial charge in [0.15, 0.2) is 5.76 Å². The molecule has 146 valence electrons. The number of nitrogens with one attached hydrogen (secondary N) is 1. The summed E-state index contributed by atoms with van der Waals surface area (Å²) in [5.41, 5.74) is 2.90. The number of aromatic nitrogens is 2. The van der Waals surface area contributed by atoms with E-state index in [4.69, 9.17) is 9.15 Å². The molecule has 0 atom stereocenters. The van der Waals surface area contributed by atoms with Crippen LogP contribution in [0.2, 0.25) is 0 Å². The van der Waals surface area contributed by atoms with Crippen molar-refractivity contribution in [2.75, 3.05) is 13.7 Å². The van der Waals surface area contributed by atoms with Crippen molar-refractivity contribution in [1.29, 1.82) is 0 Å². The Hall–Kier alpha value is -3.80. The van der Waals surface area contributed by atoms with E-state index in [-0.39, 0.29) is 5.91 Å². The number of carbonyl (C=O) groups is 1. The SMILES string of the molecule is COc1ccccc1CCNC(=O)c1cc(-c2ccco2)nn1-c1ccccc1. The highest BCUT2D eigenvalue weighted by Crippen LogP contribution is 2.22. The number of rotatable bonds is 7. The molecular weight excluding hydrogens is 366 g/mol. The summed E-state index contributed by atoms with van der Waals surface area (Å²) in [6.45, 7) is 0.481. The van der Waals surface area contributed by atoms with Gasteiger partial charge in [-0.1, -0.05) is 36.4 Å². The molecule has 0 unspecified atom stereocenters. The molecule has 4 rings (SSSR count). The minimum absolute atomic E-state index is 0.200. The topological polar surface area (TPSA) is 69.3 Å². The van der Waals surface area contributed by atoms with Crippen LogP contribution in [0, 0.1) is 0 Å². The Bertz CT molecular complexity index is 1090. The van der Waals surface area contributed by atoms with Crippen molar-refractivity contribution in [3.05, 3.63) is 90.3 Å². The van der Waals surface area contributed by atoms with Crippen molar-refractivity contribution in [2.24, 2.45) is 0 Å². The molecule has 0 aliphatic rings. The molecule has 1 N–H and O–H groups in total. The maximum Gasteiger partial charge on any atom is 0.270 e. The number of nitrogens with zero attached hydrogens (tertiary/aromatic N) is 2. The van der Waals surface area contributed by atoms with Crippen molar-refractivity contribution < 1.29 is 13.9 Å². The summed E-state index contributed by atoms with van der Waals surface area (Å²) < 4.78 is 12.5. The Morgan fingerprint density at radius 1 is 1.07 bits per heavy atom. The van der Waals surface area contributed by atoms with Gasteiger partial charge in [0.25, 0.3) is 5.91 Å². The second kappa shape index (κ2) is 8.48. The first-order valence-corrected chi connectivity index (χ1v) is 9.35.